The Bertz CT molecular complexity index is 767. The highest BCUT2D eigenvalue weighted by molar-refractivity contribution is 5.68. The molecule has 28 heavy (non-hydrogen) atoms. The first-order chi connectivity index (χ1) is 13.7. The Labute approximate surface area is 165 Å². The Hall–Kier alpha value is -1.79. The van der Waals surface area contributed by atoms with Crippen LogP contribution in [0.2, 0.25) is 0 Å². The molecule has 150 valence electrons. The number of rotatable bonds is 5. The molecule has 2 fully saturated rings. The van der Waals surface area contributed by atoms with Crippen LogP contribution in [0.4, 0.5) is 4.39 Å². The minimum atomic E-state index is -1.03. The number of aliphatic hydroxyl groups is 1. The third kappa shape index (κ3) is 3.98. The van der Waals surface area contributed by atoms with Gasteiger partial charge in [-0.3, -0.25) is 0 Å². The minimum absolute atomic E-state index is 0.0832. The number of benzene rings is 2. The largest absolute Gasteiger partial charge is 0.386 e. The van der Waals surface area contributed by atoms with E-state index in [0.717, 1.165) is 30.5 Å². The van der Waals surface area contributed by atoms with Gasteiger partial charge in [-0.1, -0.05) is 42.5 Å². The number of hydrogen-bond donors (Lipinski definition) is 2. The van der Waals surface area contributed by atoms with Crippen molar-refractivity contribution in [3.63, 3.8) is 0 Å². The fraction of sp³-hybridized carbons (Fsp3) is 0.478. The predicted octanol–water partition coefficient (Wildman–Crippen LogP) is 3.18. The molecule has 2 aromatic carbocycles. The summed E-state index contributed by atoms with van der Waals surface area (Å²) in [7, 11) is 0. The second-order valence-electron chi connectivity index (χ2n) is 7.76. The molecule has 2 atom stereocenters. The number of hydrogen-bond acceptors (Lipinski definition) is 4. The summed E-state index contributed by atoms with van der Waals surface area (Å²) < 4.78 is 26.0. The van der Waals surface area contributed by atoms with E-state index in [1.807, 2.05) is 30.3 Å². The van der Waals surface area contributed by atoms with Gasteiger partial charge in [-0.05, 0) is 36.0 Å². The van der Waals surface area contributed by atoms with E-state index < -0.39 is 5.60 Å². The van der Waals surface area contributed by atoms with Crippen LogP contribution in [0.1, 0.15) is 18.4 Å². The van der Waals surface area contributed by atoms with Gasteiger partial charge in [0.2, 0.25) is 0 Å². The molecule has 2 aliphatic heterocycles. The van der Waals surface area contributed by atoms with Crippen molar-refractivity contribution in [3.05, 3.63) is 59.9 Å². The molecule has 2 saturated heterocycles. The molecule has 0 spiro atoms. The van der Waals surface area contributed by atoms with Crippen molar-refractivity contribution >= 4 is 0 Å². The predicted molar refractivity (Wildman–Crippen MR) is 107 cm³/mol. The van der Waals surface area contributed by atoms with Crippen molar-refractivity contribution in [2.75, 3.05) is 32.9 Å². The molecule has 2 aromatic rings. The Morgan fingerprint density at radius 3 is 2.43 bits per heavy atom. The molecule has 0 aromatic heterocycles. The molecule has 0 aliphatic carbocycles. The lowest BCUT2D eigenvalue weighted by molar-refractivity contribution is -0.163. The SMILES string of the molecule is OC(Cc1ccccc1-c1ccccc1F)(C1CCOCC1)C1CNCCO1. The first-order valence-corrected chi connectivity index (χ1v) is 10.1. The highest BCUT2D eigenvalue weighted by atomic mass is 19.1. The lowest BCUT2D eigenvalue weighted by Gasteiger charge is -2.45. The summed E-state index contributed by atoms with van der Waals surface area (Å²) in [5.74, 6) is -0.167. The molecule has 0 bridgehead atoms. The molecule has 2 heterocycles. The smallest absolute Gasteiger partial charge is 0.131 e. The Balaban J connectivity index is 1.70. The lowest BCUT2D eigenvalue weighted by atomic mass is 9.73. The minimum Gasteiger partial charge on any atom is -0.386 e. The summed E-state index contributed by atoms with van der Waals surface area (Å²) in [5, 5.41) is 15.3. The third-order valence-corrected chi connectivity index (χ3v) is 6.07. The van der Waals surface area contributed by atoms with Gasteiger partial charge in [-0.25, -0.2) is 4.39 Å². The standard InChI is InChI=1S/C23H28FNO3/c24-21-8-4-3-7-20(21)19-6-2-1-5-17(19)15-23(26,18-9-12-27-13-10-18)22-16-25-11-14-28-22/h1-8,18,22,25-26H,9-16H2. The van der Waals surface area contributed by atoms with E-state index in [1.54, 1.807) is 12.1 Å². The molecular weight excluding hydrogens is 357 g/mol. The van der Waals surface area contributed by atoms with E-state index >= 15 is 0 Å². The van der Waals surface area contributed by atoms with Gasteiger partial charge in [0.25, 0.3) is 0 Å². The maximum Gasteiger partial charge on any atom is 0.131 e. The number of nitrogens with one attached hydrogen (secondary N) is 1. The second-order valence-corrected chi connectivity index (χ2v) is 7.76. The monoisotopic (exact) mass is 385 g/mol. The molecule has 2 unspecified atom stereocenters. The van der Waals surface area contributed by atoms with Crippen molar-refractivity contribution in [3.8, 4) is 11.1 Å². The highest BCUT2D eigenvalue weighted by Gasteiger charge is 2.46. The maximum absolute atomic E-state index is 14.5. The fourth-order valence-corrected chi connectivity index (χ4v) is 4.53. The molecule has 2 N–H and O–H groups in total. The quantitative estimate of drug-likeness (QED) is 0.830. The van der Waals surface area contributed by atoms with Crippen LogP contribution in [0.15, 0.2) is 48.5 Å². The Morgan fingerprint density at radius 2 is 1.71 bits per heavy atom. The molecule has 5 heteroatoms. The van der Waals surface area contributed by atoms with Crippen molar-refractivity contribution in [1.29, 1.82) is 0 Å². The second kappa shape index (κ2) is 8.70. The van der Waals surface area contributed by atoms with E-state index in [2.05, 4.69) is 5.32 Å². The topological polar surface area (TPSA) is 50.7 Å². The summed E-state index contributed by atoms with van der Waals surface area (Å²) in [6, 6.07) is 14.6. The highest BCUT2D eigenvalue weighted by Crippen LogP contribution is 2.38. The molecule has 0 radical (unpaired) electrons. The van der Waals surface area contributed by atoms with E-state index in [4.69, 9.17) is 9.47 Å². The van der Waals surface area contributed by atoms with Crippen molar-refractivity contribution in [2.45, 2.75) is 31.0 Å². The molecular formula is C23H28FNO3. The molecule has 2 aliphatic rings. The number of halogens is 1. The molecule has 4 nitrogen and oxygen atoms in total. The van der Waals surface area contributed by atoms with Gasteiger partial charge in [0.1, 0.15) is 5.82 Å². The third-order valence-electron chi connectivity index (χ3n) is 6.07. The van der Waals surface area contributed by atoms with Crippen LogP contribution < -0.4 is 5.32 Å². The van der Waals surface area contributed by atoms with Gasteiger partial charge in [0.15, 0.2) is 0 Å². The van der Waals surface area contributed by atoms with Gasteiger partial charge < -0.3 is 19.9 Å². The average molecular weight is 385 g/mol. The van der Waals surface area contributed by atoms with Crippen LogP contribution in [-0.4, -0.2) is 49.7 Å². The fourth-order valence-electron chi connectivity index (χ4n) is 4.53. The van der Waals surface area contributed by atoms with Gasteiger partial charge >= 0.3 is 0 Å². The van der Waals surface area contributed by atoms with Gasteiger partial charge in [0.05, 0.1) is 18.3 Å². The van der Waals surface area contributed by atoms with Crippen molar-refractivity contribution < 1.29 is 19.0 Å². The zero-order valence-electron chi connectivity index (χ0n) is 16.1. The van der Waals surface area contributed by atoms with Gasteiger partial charge in [-0.15, -0.1) is 0 Å². The van der Waals surface area contributed by atoms with E-state index in [-0.39, 0.29) is 17.8 Å². The van der Waals surface area contributed by atoms with Crippen molar-refractivity contribution in [2.24, 2.45) is 5.92 Å². The Kier molecular flexibility index (Phi) is 6.07. The van der Waals surface area contributed by atoms with Crippen LogP contribution in [0, 0.1) is 11.7 Å². The first kappa shape index (κ1) is 19.5. The number of morpholine rings is 1. The van der Waals surface area contributed by atoms with E-state index in [1.165, 1.54) is 6.07 Å². The number of ether oxygens (including phenoxy) is 2. The van der Waals surface area contributed by atoms with Crippen LogP contribution >= 0.6 is 0 Å². The zero-order valence-corrected chi connectivity index (χ0v) is 16.1. The van der Waals surface area contributed by atoms with Gasteiger partial charge in [0, 0.05) is 38.3 Å². The normalized spacial score (nSPS) is 23.3. The van der Waals surface area contributed by atoms with Crippen LogP contribution in [0.25, 0.3) is 11.1 Å². The molecule has 4 rings (SSSR count). The molecule has 0 saturated carbocycles. The van der Waals surface area contributed by atoms with Gasteiger partial charge in [-0.2, -0.15) is 0 Å². The van der Waals surface area contributed by atoms with Crippen LogP contribution in [0.5, 0.6) is 0 Å². The van der Waals surface area contributed by atoms with E-state index in [9.17, 15) is 9.50 Å². The summed E-state index contributed by atoms with van der Waals surface area (Å²) in [5.41, 5.74) is 1.30. The summed E-state index contributed by atoms with van der Waals surface area (Å²) in [6.45, 7) is 3.32. The summed E-state index contributed by atoms with van der Waals surface area (Å²) >= 11 is 0. The summed E-state index contributed by atoms with van der Waals surface area (Å²) in [6.07, 6.45) is 1.74. The van der Waals surface area contributed by atoms with Crippen LogP contribution in [-0.2, 0) is 15.9 Å². The average Bonchev–Trinajstić information content (AvgIpc) is 2.76. The summed E-state index contributed by atoms with van der Waals surface area (Å²) in [4.78, 5) is 0. The maximum atomic E-state index is 14.5. The first-order valence-electron chi connectivity index (χ1n) is 10.1. The van der Waals surface area contributed by atoms with E-state index in [0.29, 0.717) is 38.3 Å². The van der Waals surface area contributed by atoms with Crippen LogP contribution in [0.3, 0.4) is 0 Å². The Morgan fingerprint density at radius 1 is 1.00 bits per heavy atom. The lowest BCUT2D eigenvalue weighted by Crippen LogP contribution is -2.59. The zero-order chi connectivity index (χ0) is 19.4. The van der Waals surface area contributed by atoms with Crippen molar-refractivity contribution in [1.82, 2.24) is 5.32 Å². The molecule has 0 amide bonds.